The summed E-state index contributed by atoms with van der Waals surface area (Å²) in [5.74, 6) is 1.31. The number of rotatable bonds is 9. The number of hydrogen-bond donors (Lipinski definition) is 2. The fourth-order valence-corrected chi connectivity index (χ4v) is 2.62. The van der Waals surface area contributed by atoms with Crippen LogP contribution in [-0.2, 0) is 16.0 Å². The Labute approximate surface area is 154 Å². The predicted molar refractivity (Wildman–Crippen MR) is 100 cm³/mol. The SMILES string of the molecule is COCC(N)C(=O)NC(Cc1ccc(OC)cc1)c1ccc(OC)cc1. The number of nitrogens with two attached hydrogens (primary N) is 1. The molecule has 0 saturated heterocycles. The molecule has 0 aromatic heterocycles. The molecule has 140 valence electrons. The third kappa shape index (κ3) is 5.47. The molecule has 0 aliphatic heterocycles. The molecule has 0 spiro atoms. The minimum atomic E-state index is -0.711. The number of amides is 1. The number of carbonyl (C=O) groups is 1. The summed E-state index contributed by atoms with van der Waals surface area (Å²) in [4.78, 5) is 12.4. The maximum Gasteiger partial charge on any atom is 0.239 e. The highest BCUT2D eigenvalue weighted by Gasteiger charge is 2.20. The molecule has 1 amide bonds. The second-order valence-corrected chi connectivity index (χ2v) is 5.95. The van der Waals surface area contributed by atoms with E-state index < -0.39 is 6.04 Å². The zero-order valence-corrected chi connectivity index (χ0v) is 15.4. The lowest BCUT2D eigenvalue weighted by molar-refractivity contribution is -0.124. The van der Waals surface area contributed by atoms with E-state index in [1.54, 1.807) is 14.2 Å². The van der Waals surface area contributed by atoms with Gasteiger partial charge in [-0.1, -0.05) is 24.3 Å². The smallest absolute Gasteiger partial charge is 0.239 e. The van der Waals surface area contributed by atoms with Crippen molar-refractivity contribution in [1.82, 2.24) is 5.32 Å². The monoisotopic (exact) mass is 358 g/mol. The van der Waals surface area contributed by atoms with Crippen LogP contribution in [0.1, 0.15) is 17.2 Å². The van der Waals surface area contributed by atoms with Crippen molar-refractivity contribution in [2.24, 2.45) is 5.73 Å². The zero-order chi connectivity index (χ0) is 18.9. The Bertz CT molecular complexity index is 686. The van der Waals surface area contributed by atoms with Crippen molar-refractivity contribution < 1.29 is 19.0 Å². The first-order chi connectivity index (χ1) is 12.6. The van der Waals surface area contributed by atoms with Crippen LogP contribution in [0.4, 0.5) is 0 Å². The molecule has 2 aromatic rings. The molecule has 0 heterocycles. The van der Waals surface area contributed by atoms with E-state index in [-0.39, 0.29) is 18.6 Å². The second-order valence-electron chi connectivity index (χ2n) is 5.95. The highest BCUT2D eigenvalue weighted by Crippen LogP contribution is 2.23. The molecule has 2 unspecified atom stereocenters. The molecular weight excluding hydrogens is 332 g/mol. The summed E-state index contributed by atoms with van der Waals surface area (Å²) in [5.41, 5.74) is 7.91. The van der Waals surface area contributed by atoms with Crippen LogP contribution in [0.15, 0.2) is 48.5 Å². The first-order valence-corrected chi connectivity index (χ1v) is 8.39. The molecular formula is C20H26N2O4. The van der Waals surface area contributed by atoms with Crippen LogP contribution in [0, 0.1) is 0 Å². The van der Waals surface area contributed by atoms with Gasteiger partial charge in [0.2, 0.25) is 5.91 Å². The van der Waals surface area contributed by atoms with Crippen molar-refractivity contribution in [2.75, 3.05) is 27.9 Å². The van der Waals surface area contributed by atoms with Crippen molar-refractivity contribution in [3.05, 3.63) is 59.7 Å². The highest BCUT2D eigenvalue weighted by atomic mass is 16.5. The molecule has 0 aliphatic rings. The average molecular weight is 358 g/mol. The van der Waals surface area contributed by atoms with E-state index in [4.69, 9.17) is 19.9 Å². The number of benzene rings is 2. The summed E-state index contributed by atoms with van der Waals surface area (Å²) >= 11 is 0. The van der Waals surface area contributed by atoms with Gasteiger partial charge in [-0.3, -0.25) is 4.79 Å². The molecule has 2 atom stereocenters. The number of ether oxygens (including phenoxy) is 3. The Hall–Kier alpha value is -2.57. The zero-order valence-electron chi connectivity index (χ0n) is 15.4. The van der Waals surface area contributed by atoms with Gasteiger partial charge in [0, 0.05) is 7.11 Å². The van der Waals surface area contributed by atoms with Gasteiger partial charge in [-0.05, 0) is 41.8 Å². The number of methoxy groups -OCH3 is 3. The standard InChI is InChI=1S/C20H26N2O4/c1-24-13-18(21)20(23)22-19(15-6-10-17(26-3)11-7-15)12-14-4-8-16(25-2)9-5-14/h4-11,18-19H,12-13,21H2,1-3H3,(H,22,23). The van der Waals surface area contributed by atoms with Crippen LogP contribution < -0.4 is 20.5 Å². The number of nitrogens with one attached hydrogen (secondary N) is 1. The highest BCUT2D eigenvalue weighted by molar-refractivity contribution is 5.82. The summed E-state index contributed by atoms with van der Waals surface area (Å²) in [6.45, 7) is 0.170. The molecule has 0 saturated carbocycles. The van der Waals surface area contributed by atoms with Crippen molar-refractivity contribution >= 4 is 5.91 Å². The third-order valence-corrected chi connectivity index (χ3v) is 4.12. The van der Waals surface area contributed by atoms with E-state index in [0.29, 0.717) is 6.42 Å². The van der Waals surface area contributed by atoms with Crippen molar-refractivity contribution in [1.29, 1.82) is 0 Å². The Morgan fingerprint density at radius 3 is 2.00 bits per heavy atom. The van der Waals surface area contributed by atoms with Crippen molar-refractivity contribution in [2.45, 2.75) is 18.5 Å². The topological polar surface area (TPSA) is 82.8 Å². The first kappa shape index (κ1) is 19.8. The lowest BCUT2D eigenvalue weighted by Gasteiger charge is -2.22. The van der Waals surface area contributed by atoms with E-state index in [0.717, 1.165) is 22.6 Å². The van der Waals surface area contributed by atoms with Gasteiger partial charge in [0.15, 0.2) is 0 Å². The minimum Gasteiger partial charge on any atom is -0.497 e. The van der Waals surface area contributed by atoms with E-state index in [1.165, 1.54) is 7.11 Å². The van der Waals surface area contributed by atoms with Gasteiger partial charge in [-0.25, -0.2) is 0 Å². The van der Waals surface area contributed by atoms with Crippen LogP contribution in [0.2, 0.25) is 0 Å². The molecule has 0 aliphatic carbocycles. The van der Waals surface area contributed by atoms with E-state index in [1.807, 2.05) is 48.5 Å². The van der Waals surface area contributed by atoms with Gasteiger partial charge in [-0.2, -0.15) is 0 Å². The van der Waals surface area contributed by atoms with Gasteiger partial charge in [0.05, 0.1) is 26.9 Å². The Morgan fingerprint density at radius 1 is 0.962 bits per heavy atom. The van der Waals surface area contributed by atoms with Gasteiger partial charge >= 0.3 is 0 Å². The quantitative estimate of drug-likeness (QED) is 0.717. The van der Waals surface area contributed by atoms with Gasteiger partial charge in [0.1, 0.15) is 17.5 Å². The van der Waals surface area contributed by atoms with E-state index >= 15 is 0 Å². The molecule has 0 bridgehead atoms. The van der Waals surface area contributed by atoms with E-state index in [2.05, 4.69) is 5.32 Å². The van der Waals surface area contributed by atoms with Crippen LogP contribution in [0.5, 0.6) is 11.5 Å². The number of hydrogen-bond acceptors (Lipinski definition) is 5. The maximum absolute atomic E-state index is 12.4. The lowest BCUT2D eigenvalue weighted by atomic mass is 9.98. The molecule has 2 aromatic carbocycles. The Balaban J connectivity index is 2.19. The fraction of sp³-hybridized carbons (Fsp3) is 0.350. The molecule has 6 nitrogen and oxygen atoms in total. The second kappa shape index (κ2) is 9.79. The molecule has 0 radical (unpaired) electrons. The normalized spacial score (nSPS) is 12.9. The van der Waals surface area contributed by atoms with Crippen molar-refractivity contribution in [3.8, 4) is 11.5 Å². The van der Waals surface area contributed by atoms with Gasteiger partial charge in [-0.15, -0.1) is 0 Å². The van der Waals surface area contributed by atoms with Gasteiger partial charge in [0.25, 0.3) is 0 Å². The average Bonchev–Trinajstić information content (AvgIpc) is 2.68. The predicted octanol–water partition coefficient (Wildman–Crippen LogP) is 2.08. The summed E-state index contributed by atoms with van der Waals surface area (Å²) in [5, 5.41) is 3.02. The lowest BCUT2D eigenvalue weighted by Crippen LogP contribution is -2.45. The molecule has 0 fully saturated rings. The van der Waals surface area contributed by atoms with Crippen molar-refractivity contribution in [3.63, 3.8) is 0 Å². The molecule has 2 rings (SSSR count). The largest absolute Gasteiger partial charge is 0.497 e. The Kier molecular flexibility index (Phi) is 7.44. The third-order valence-electron chi connectivity index (χ3n) is 4.12. The van der Waals surface area contributed by atoms with Crippen LogP contribution in [0.3, 0.4) is 0 Å². The first-order valence-electron chi connectivity index (χ1n) is 8.39. The van der Waals surface area contributed by atoms with Crippen LogP contribution in [-0.4, -0.2) is 39.9 Å². The maximum atomic E-state index is 12.4. The molecule has 6 heteroatoms. The summed E-state index contributed by atoms with van der Waals surface area (Å²) in [7, 11) is 4.77. The van der Waals surface area contributed by atoms with Crippen LogP contribution in [0.25, 0.3) is 0 Å². The summed E-state index contributed by atoms with van der Waals surface area (Å²) in [6.07, 6.45) is 0.627. The van der Waals surface area contributed by atoms with Gasteiger partial charge < -0.3 is 25.3 Å². The van der Waals surface area contributed by atoms with Crippen LogP contribution >= 0.6 is 0 Å². The Morgan fingerprint density at radius 2 is 1.50 bits per heavy atom. The molecule has 26 heavy (non-hydrogen) atoms. The molecule has 3 N–H and O–H groups in total. The summed E-state index contributed by atoms with van der Waals surface area (Å²) < 4.78 is 15.4. The van der Waals surface area contributed by atoms with E-state index in [9.17, 15) is 4.79 Å². The minimum absolute atomic E-state index is 0.170. The fourth-order valence-electron chi connectivity index (χ4n) is 2.62. The number of carbonyl (C=O) groups excluding carboxylic acids is 1. The summed E-state index contributed by atoms with van der Waals surface area (Å²) in [6, 6.07) is 14.5.